The van der Waals surface area contributed by atoms with Crippen molar-refractivity contribution >= 4 is 35.7 Å². The molecule has 3 fully saturated rings. The molecule has 1 aromatic rings. The van der Waals surface area contributed by atoms with E-state index in [1.807, 2.05) is 0 Å². The molecule has 0 amide bonds. The van der Waals surface area contributed by atoms with Crippen molar-refractivity contribution in [3.63, 3.8) is 0 Å². The molecule has 3 aliphatic rings. The lowest BCUT2D eigenvalue weighted by Crippen LogP contribution is -2.67. The van der Waals surface area contributed by atoms with E-state index >= 15 is 0 Å². The first-order valence-electron chi connectivity index (χ1n) is 8.85. The molecule has 2 N–H and O–H groups in total. The molecule has 1 aromatic carbocycles. The third-order valence-electron chi connectivity index (χ3n) is 5.72. The first-order chi connectivity index (χ1) is 13.3. The summed E-state index contributed by atoms with van der Waals surface area (Å²) in [5.41, 5.74) is 0.0684. The molecule has 160 valence electrons. The van der Waals surface area contributed by atoms with Crippen molar-refractivity contribution in [2.24, 2.45) is 0 Å². The minimum absolute atomic E-state index is 0.226. The fraction of sp³-hybridized carbons (Fsp3) is 0.562. The van der Waals surface area contributed by atoms with Gasteiger partial charge in [0, 0.05) is 12.1 Å². The summed E-state index contributed by atoms with van der Waals surface area (Å²) >= 11 is 0. The van der Waals surface area contributed by atoms with Gasteiger partial charge in [-0.2, -0.15) is 4.31 Å². The smallest absolute Gasteiger partial charge is 0.335 e. The summed E-state index contributed by atoms with van der Waals surface area (Å²) in [6, 6.07) is 0.343. The number of rotatable bonds is 3. The van der Waals surface area contributed by atoms with E-state index in [4.69, 9.17) is 0 Å². The molecule has 0 spiro atoms. The van der Waals surface area contributed by atoms with Crippen molar-refractivity contribution in [1.29, 1.82) is 0 Å². The van der Waals surface area contributed by atoms with Gasteiger partial charge < -0.3 is 10.4 Å². The number of benzene rings is 1. The molecule has 29 heavy (non-hydrogen) atoms. The molecule has 0 aromatic heterocycles. The Morgan fingerprint density at radius 1 is 1.03 bits per heavy atom. The van der Waals surface area contributed by atoms with Crippen molar-refractivity contribution in [2.75, 3.05) is 23.0 Å². The van der Waals surface area contributed by atoms with Crippen LogP contribution in [-0.4, -0.2) is 87.8 Å². The van der Waals surface area contributed by atoms with Gasteiger partial charge >= 0.3 is 5.97 Å². The van der Waals surface area contributed by atoms with Gasteiger partial charge in [-0.15, -0.1) is 0 Å². The summed E-state index contributed by atoms with van der Waals surface area (Å²) in [7, 11) is -11.4. The van der Waals surface area contributed by atoms with Gasteiger partial charge in [-0.1, -0.05) is 6.07 Å². The summed E-state index contributed by atoms with van der Waals surface area (Å²) < 4.78 is 77.1. The van der Waals surface area contributed by atoms with E-state index in [1.54, 1.807) is 0 Å². The number of carboxylic acid groups (broad SMARTS) is 1. The van der Waals surface area contributed by atoms with Crippen LogP contribution in [0.3, 0.4) is 0 Å². The lowest BCUT2D eigenvalue weighted by atomic mass is 10.0. The number of carboxylic acids is 1. The normalized spacial score (nSPS) is 33.1. The SMILES string of the molecule is Cc1ccc(C(=O)O)cc1S(=O)(=O)N1[C@@H]2CS(=O)(=O)C[C@@H]2N[C@@H]2CS(=O)(=O)C[C@@H]21. The van der Waals surface area contributed by atoms with Crippen LogP contribution in [0.2, 0.25) is 0 Å². The number of aromatic carboxylic acids is 1. The highest BCUT2D eigenvalue weighted by molar-refractivity contribution is 7.92. The van der Waals surface area contributed by atoms with Crippen LogP contribution >= 0.6 is 0 Å². The maximum absolute atomic E-state index is 13.6. The van der Waals surface area contributed by atoms with E-state index in [-0.39, 0.29) is 22.0 Å². The Bertz CT molecular complexity index is 1160. The monoisotopic (exact) mass is 464 g/mol. The summed E-state index contributed by atoms with van der Waals surface area (Å²) in [4.78, 5) is 11.1. The van der Waals surface area contributed by atoms with Crippen LogP contribution in [0.5, 0.6) is 0 Å². The zero-order valence-corrected chi connectivity index (χ0v) is 17.8. The summed E-state index contributed by atoms with van der Waals surface area (Å²) in [5.74, 6) is -2.68. The first kappa shape index (κ1) is 20.7. The molecule has 4 atom stereocenters. The lowest BCUT2D eigenvalue weighted by molar-refractivity contribution is 0.0696. The van der Waals surface area contributed by atoms with Crippen LogP contribution < -0.4 is 5.32 Å². The number of sulfonamides is 1. The third-order valence-corrected chi connectivity index (χ3v) is 11.2. The van der Waals surface area contributed by atoms with Crippen molar-refractivity contribution in [3.8, 4) is 0 Å². The summed E-state index contributed by atoms with van der Waals surface area (Å²) in [5, 5.41) is 12.3. The number of nitrogens with one attached hydrogen (secondary N) is 1. The second kappa shape index (κ2) is 6.48. The minimum atomic E-state index is -4.36. The van der Waals surface area contributed by atoms with E-state index < -0.39 is 71.3 Å². The van der Waals surface area contributed by atoms with Crippen LogP contribution in [0.15, 0.2) is 23.1 Å². The Balaban J connectivity index is 1.87. The molecular weight excluding hydrogens is 444 g/mol. The van der Waals surface area contributed by atoms with Crippen molar-refractivity contribution in [2.45, 2.75) is 36.0 Å². The molecule has 10 nitrogen and oxygen atoms in total. The largest absolute Gasteiger partial charge is 0.478 e. The highest BCUT2D eigenvalue weighted by Gasteiger charge is 2.57. The second-order valence-corrected chi connectivity index (χ2v) is 13.9. The van der Waals surface area contributed by atoms with Gasteiger partial charge in [0.1, 0.15) is 0 Å². The molecule has 3 heterocycles. The average Bonchev–Trinajstić information content (AvgIpc) is 3.03. The van der Waals surface area contributed by atoms with E-state index in [2.05, 4.69) is 5.32 Å². The highest BCUT2D eigenvalue weighted by atomic mass is 32.2. The molecule has 0 unspecified atom stereocenters. The van der Waals surface area contributed by atoms with Crippen LogP contribution in [0, 0.1) is 6.92 Å². The van der Waals surface area contributed by atoms with Crippen LogP contribution in [-0.2, 0) is 29.7 Å². The molecular formula is C16H20N2O8S3. The molecule has 13 heteroatoms. The number of piperazine rings is 1. The predicted molar refractivity (Wildman–Crippen MR) is 103 cm³/mol. The predicted octanol–water partition coefficient (Wildman–Crippen LogP) is -1.38. The maximum atomic E-state index is 13.6. The molecule has 0 bridgehead atoms. The Morgan fingerprint density at radius 3 is 2.03 bits per heavy atom. The van der Waals surface area contributed by atoms with Gasteiger partial charge in [-0.3, -0.25) is 0 Å². The number of aryl methyl sites for hydroxylation is 1. The highest BCUT2D eigenvalue weighted by Crippen LogP contribution is 2.36. The van der Waals surface area contributed by atoms with Crippen LogP contribution in [0.1, 0.15) is 15.9 Å². The molecule has 3 aliphatic heterocycles. The quantitative estimate of drug-likeness (QED) is 0.550. The summed E-state index contributed by atoms with van der Waals surface area (Å²) in [6.45, 7) is 1.51. The molecule has 0 aliphatic carbocycles. The Morgan fingerprint density at radius 2 is 1.55 bits per heavy atom. The van der Waals surface area contributed by atoms with E-state index in [1.165, 1.54) is 19.1 Å². The lowest BCUT2D eigenvalue weighted by Gasteiger charge is -2.44. The van der Waals surface area contributed by atoms with Gasteiger partial charge in [-0.25, -0.2) is 30.0 Å². The molecule has 0 radical (unpaired) electrons. The van der Waals surface area contributed by atoms with Gasteiger partial charge in [0.25, 0.3) is 0 Å². The minimum Gasteiger partial charge on any atom is -0.478 e. The van der Waals surface area contributed by atoms with Gasteiger partial charge in [0.05, 0.1) is 45.6 Å². The van der Waals surface area contributed by atoms with Gasteiger partial charge in [-0.05, 0) is 24.6 Å². The van der Waals surface area contributed by atoms with E-state index in [0.717, 1.165) is 10.4 Å². The number of hydrogen-bond acceptors (Lipinski definition) is 8. The number of fused-ring (bicyclic) bond motifs is 2. The zero-order chi connectivity index (χ0) is 21.4. The van der Waals surface area contributed by atoms with Crippen LogP contribution in [0.25, 0.3) is 0 Å². The van der Waals surface area contributed by atoms with E-state index in [0.29, 0.717) is 5.56 Å². The topological polar surface area (TPSA) is 155 Å². The van der Waals surface area contributed by atoms with Gasteiger partial charge in [0.2, 0.25) is 10.0 Å². The third kappa shape index (κ3) is 3.48. The Labute approximate surface area is 168 Å². The van der Waals surface area contributed by atoms with Crippen molar-refractivity contribution < 1.29 is 35.2 Å². The van der Waals surface area contributed by atoms with Gasteiger partial charge in [0.15, 0.2) is 19.7 Å². The van der Waals surface area contributed by atoms with Crippen molar-refractivity contribution in [1.82, 2.24) is 9.62 Å². The number of hydrogen-bond donors (Lipinski definition) is 2. The standard InChI is InChI=1S/C16H20N2O8S3/c1-9-2-3-10(16(19)20)4-15(9)29(25,26)18-13-7-27(21,22)5-11(13)17-12-6-28(23,24)8-14(12)18/h2-4,11-14,17H,5-8H2,1H3,(H,19,20)/t11-,12+,13+,14-. The second-order valence-electron chi connectivity index (χ2n) is 7.79. The number of sulfone groups is 2. The van der Waals surface area contributed by atoms with E-state index in [9.17, 15) is 35.2 Å². The van der Waals surface area contributed by atoms with Crippen molar-refractivity contribution in [3.05, 3.63) is 29.3 Å². The molecule has 3 saturated heterocycles. The number of carbonyl (C=O) groups is 1. The average molecular weight is 465 g/mol. The maximum Gasteiger partial charge on any atom is 0.335 e. The fourth-order valence-electron chi connectivity index (χ4n) is 4.48. The summed E-state index contributed by atoms with van der Waals surface area (Å²) in [6.07, 6.45) is 0. The van der Waals surface area contributed by atoms with Crippen LogP contribution in [0.4, 0.5) is 0 Å². The fourth-order valence-corrected chi connectivity index (χ4v) is 10.6. The first-order valence-corrected chi connectivity index (χ1v) is 13.9. The number of nitrogens with zero attached hydrogens (tertiary/aromatic N) is 1. The zero-order valence-electron chi connectivity index (χ0n) is 15.3. The Hall–Kier alpha value is -1.54. The molecule has 4 rings (SSSR count). The Kier molecular flexibility index (Phi) is 4.63. The molecule has 0 saturated carbocycles.